The van der Waals surface area contributed by atoms with Gasteiger partial charge in [0.15, 0.2) is 5.13 Å². The summed E-state index contributed by atoms with van der Waals surface area (Å²) in [6.45, 7) is 5.14. The Balaban J connectivity index is 2.18. The van der Waals surface area contributed by atoms with Gasteiger partial charge in [-0.25, -0.2) is 9.37 Å². The largest absolute Gasteiger partial charge is 0.361 e. The van der Waals surface area contributed by atoms with Gasteiger partial charge in [0, 0.05) is 22.0 Å². The van der Waals surface area contributed by atoms with Gasteiger partial charge in [-0.15, -0.1) is 11.3 Å². The molecule has 96 valence electrons. The predicted molar refractivity (Wildman–Crippen MR) is 78.5 cm³/mol. The topological polar surface area (TPSA) is 24.9 Å². The maximum absolute atomic E-state index is 13.8. The van der Waals surface area contributed by atoms with Crippen LogP contribution in [0.5, 0.6) is 0 Å². The van der Waals surface area contributed by atoms with E-state index >= 15 is 0 Å². The van der Waals surface area contributed by atoms with E-state index in [1.807, 2.05) is 11.4 Å². The highest BCUT2D eigenvalue weighted by molar-refractivity contribution is 9.10. The van der Waals surface area contributed by atoms with Crippen molar-refractivity contribution < 1.29 is 4.39 Å². The van der Waals surface area contributed by atoms with Crippen LogP contribution in [-0.4, -0.2) is 11.5 Å². The Kier molecular flexibility index (Phi) is 4.35. The molecule has 1 N–H and O–H groups in total. The van der Waals surface area contributed by atoms with Crippen LogP contribution in [0.1, 0.15) is 13.8 Å². The fourth-order valence-electron chi connectivity index (χ4n) is 1.47. The zero-order valence-electron chi connectivity index (χ0n) is 10.2. The van der Waals surface area contributed by atoms with Crippen molar-refractivity contribution in [3.63, 3.8) is 0 Å². The summed E-state index contributed by atoms with van der Waals surface area (Å²) in [7, 11) is 0. The Morgan fingerprint density at radius 3 is 2.89 bits per heavy atom. The zero-order chi connectivity index (χ0) is 13.1. The molecule has 5 heteroatoms. The van der Waals surface area contributed by atoms with E-state index in [1.54, 1.807) is 6.07 Å². The Morgan fingerprint density at radius 2 is 2.22 bits per heavy atom. The molecule has 0 amide bonds. The molecule has 0 radical (unpaired) electrons. The van der Waals surface area contributed by atoms with E-state index in [4.69, 9.17) is 0 Å². The van der Waals surface area contributed by atoms with Crippen molar-refractivity contribution in [3.05, 3.63) is 33.9 Å². The van der Waals surface area contributed by atoms with E-state index in [9.17, 15) is 4.39 Å². The van der Waals surface area contributed by atoms with Gasteiger partial charge in [-0.1, -0.05) is 29.8 Å². The van der Waals surface area contributed by atoms with Crippen LogP contribution < -0.4 is 5.32 Å². The molecule has 0 unspecified atom stereocenters. The highest BCUT2D eigenvalue weighted by Gasteiger charge is 2.09. The summed E-state index contributed by atoms with van der Waals surface area (Å²) in [5.74, 6) is 0.298. The van der Waals surface area contributed by atoms with Crippen LogP contribution in [0.15, 0.2) is 28.1 Å². The van der Waals surface area contributed by atoms with Crippen LogP contribution in [0.25, 0.3) is 11.3 Å². The molecule has 2 rings (SSSR count). The molecule has 1 aromatic heterocycles. The minimum Gasteiger partial charge on any atom is -0.361 e. The maximum atomic E-state index is 13.8. The Hall–Kier alpha value is -0.940. The fourth-order valence-corrected chi connectivity index (χ4v) is 2.52. The number of rotatable bonds is 4. The summed E-state index contributed by atoms with van der Waals surface area (Å²) in [6.07, 6.45) is 0. The van der Waals surface area contributed by atoms with Crippen LogP contribution in [0.3, 0.4) is 0 Å². The quantitative estimate of drug-likeness (QED) is 0.873. The molecule has 0 saturated carbocycles. The van der Waals surface area contributed by atoms with Crippen LogP contribution >= 0.6 is 27.3 Å². The summed E-state index contributed by atoms with van der Waals surface area (Å²) >= 11 is 4.74. The summed E-state index contributed by atoms with van der Waals surface area (Å²) in [4.78, 5) is 4.40. The van der Waals surface area contributed by atoms with Crippen molar-refractivity contribution in [1.29, 1.82) is 0 Å². The van der Waals surface area contributed by atoms with Gasteiger partial charge in [-0.05, 0) is 24.1 Å². The van der Waals surface area contributed by atoms with E-state index in [2.05, 4.69) is 40.1 Å². The van der Waals surface area contributed by atoms with Crippen molar-refractivity contribution in [2.75, 3.05) is 11.9 Å². The van der Waals surface area contributed by atoms with E-state index in [0.717, 1.165) is 16.1 Å². The molecule has 2 aromatic rings. The molecule has 0 spiro atoms. The SMILES string of the molecule is CC(C)CNc1nc(-c2ccc(Br)cc2F)cs1. The number of nitrogens with one attached hydrogen (secondary N) is 1. The Morgan fingerprint density at radius 1 is 1.44 bits per heavy atom. The molecule has 0 atom stereocenters. The number of aromatic nitrogens is 1. The van der Waals surface area contributed by atoms with Gasteiger partial charge in [0.05, 0.1) is 5.69 Å². The number of hydrogen-bond acceptors (Lipinski definition) is 3. The van der Waals surface area contributed by atoms with E-state index in [1.165, 1.54) is 17.4 Å². The third-order valence-electron chi connectivity index (χ3n) is 2.37. The lowest BCUT2D eigenvalue weighted by Crippen LogP contribution is -2.07. The minimum atomic E-state index is -0.259. The van der Waals surface area contributed by atoms with Gasteiger partial charge >= 0.3 is 0 Å². The molecular formula is C13H14BrFN2S. The molecule has 0 aliphatic rings. The van der Waals surface area contributed by atoms with E-state index < -0.39 is 0 Å². The van der Waals surface area contributed by atoms with E-state index in [-0.39, 0.29) is 5.82 Å². The highest BCUT2D eigenvalue weighted by Crippen LogP contribution is 2.28. The Bertz CT molecular complexity index is 540. The standard InChI is InChI=1S/C13H14BrFN2S/c1-8(2)6-16-13-17-12(7-18-13)10-4-3-9(14)5-11(10)15/h3-5,7-8H,6H2,1-2H3,(H,16,17). The second-order valence-corrected chi connectivity index (χ2v) is 6.21. The molecule has 0 bridgehead atoms. The molecule has 0 fully saturated rings. The third kappa shape index (κ3) is 3.29. The number of benzene rings is 1. The summed E-state index contributed by atoms with van der Waals surface area (Å²) in [5, 5.41) is 5.95. The molecule has 2 nitrogen and oxygen atoms in total. The van der Waals surface area contributed by atoms with Crippen LogP contribution in [0, 0.1) is 11.7 Å². The molecule has 0 aliphatic heterocycles. The van der Waals surface area contributed by atoms with Crippen molar-refractivity contribution >= 4 is 32.4 Å². The van der Waals surface area contributed by atoms with E-state index in [0.29, 0.717) is 17.2 Å². The van der Waals surface area contributed by atoms with Crippen LogP contribution in [0.4, 0.5) is 9.52 Å². The minimum absolute atomic E-state index is 0.259. The lowest BCUT2D eigenvalue weighted by Gasteiger charge is -2.04. The van der Waals surface area contributed by atoms with Gasteiger partial charge in [0.1, 0.15) is 5.82 Å². The zero-order valence-corrected chi connectivity index (χ0v) is 12.6. The number of halogens is 2. The smallest absolute Gasteiger partial charge is 0.183 e. The van der Waals surface area contributed by atoms with Crippen molar-refractivity contribution in [3.8, 4) is 11.3 Å². The molecule has 1 aromatic carbocycles. The first-order valence-electron chi connectivity index (χ1n) is 5.71. The average molecular weight is 329 g/mol. The lowest BCUT2D eigenvalue weighted by molar-refractivity contribution is 0.630. The van der Waals surface area contributed by atoms with Gasteiger partial charge < -0.3 is 5.32 Å². The first-order chi connectivity index (χ1) is 8.56. The first-order valence-corrected chi connectivity index (χ1v) is 7.38. The molecule has 1 heterocycles. The fraction of sp³-hybridized carbons (Fsp3) is 0.308. The second kappa shape index (κ2) is 5.80. The van der Waals surface area contributed by atoms with Gasteiger partial charge in [-0.2, -0.15) is 0 Å². The van der Waals surface area contributed by atoms with Gasteiger partial charge in [0.2, 0.25) is 0 Å². The molecule has 0 aliphatic carbocycles. The first kappa shape index (κ1) is 13.5. The summed E-state index contributed by atoms with van der Waals surface area (Å²) in [5.41, 5.74) is 1.21. The normalized spacial score (nSPS) is 10.9. The third-order valence-corrected chi connectivity index (χ3v) is 3.67. The second-order valence-electron chi connectivity index (χ2n) is 4.44. The predicted octanol–water partition coefficient (Wildman–Crippen LogP) is 4.78. The number of anilines is 1. The average Bonchev–Trinajstić information content (AvgIpc) is 2.75. The van der Waals surface area contributed by atoms with Crippen molar-refractivity contribution in [2.24, 2.45) is 5.92 Å². The maximum Gasteiger partial charge on any atom is 0.183 e. The number of nitrogens with zero attached hydrogens (tertiary/aromatic N) is 1. The Labute approximate surface area is 118 Å². The van der Waals surface area contributed by atoms with Crippen LogP contribution in [0.2, 0.25) is 0 Å². The number of thiazole rings is 1. The lowest BCUT2D eigenvalue weighted by atomic mass is 10.2. The van der Waals surface area contributed by atoms with Crippen molar-refractivity contribution in [1.82, 2.24) is 4.98 Å². The molecular weight excluding hydrogens is 315 g/mol. The summed E-state index contributed by atoms with van der Waals surface area (Å²) < 4.78 is 14.5. The highest BCUT2D eigenvalue weighted by atomic mass is 79.9. The monoisotopic (exact) mass is 328 g/mol. The van der Waals surface area contributed by atoms with Crippen molar-refractivity contribution in [2.45, 2.75) is 13.8 Å². The number of hydrogen-bond donors (Lipinski definition) is 1. The summed E-state index contributed by atoms with van der Waals surface area (Å²) in [6, 6.07) is 5.01. The molecule has 18 heavy (non-hydrogen) atoms. The van der Waals surface area contributed by atoms with Gasteiger partial charge in [0.25, 0.3) is 0 Å². The molecule has 0 saturated heterocycles. The van der Waals surface area contributed by atoms with Crippen LogP contribution in [-0.2, 0) is 0 Å². The van der Waals surface area contributed by atoms with Gasteiger partial charge in [-0.3, -0.25) is 0 Å².